The van der Waals surface area contributed by atoms with E-state index < -0.39 is 0 Å². The number of aryl methyl sites for hydroxylation is 1. The first-order valence-electron chi connectivity index (χ1n) is 9.64. The molecule has 2 N–H and O–H groups in total. The maximum atomic E-state index is 12.8. The van der Waals surface area contributed by atoms with Crippen molar-refractivity contribution >= 4 is 23.2 Å². The van der Waals surface area contributed by atoms with Crippen LogP contribution in [0.2, 0.25) is 0 Å². The number of amides is 2. The van der Waals surface area contributed by atoms with Crippen molar-refractivity contribution in [3.63, 3.8) is 0 Å². The third-order valence-electron chi connectivity index (χ3n) is 4.77. The van der Waals surface area contributed by atoms with E-state index in [1.807, 2.05) is 47.4 Å². The van der Waals surface area contributed by atoms with E-state index in [0.717, 1.165) is 36.3 Å². The molecule has 0 fully saturated rings. The van der Waals surface area contributed by atoms with Gasteiger partial charge in [0, 0.05) is 31.6 Å². The van der Waals surface area contributed by atoms with Crippen molar-refractivity contribution in [2.45, 2.75) is 19.3 Å². The normalized spacial score (nSPS) is 13.1. The van der Waals surface area contributed by atoms with E-state index in [1.54, 1.807) is 7.11 Å². The van der Waals surface area contributed by atoms with Crippen molar-refractivity contribution in [2.75, 3.05) is 43.6 Å². The van der Waals surface area contributed by atoms with Crippen molar-refractivity contribution in [2.24, 2.45) is 0 Å². The van der Waals surface area contributed by atoms with Crippen LogP contribution in [0.3, 0.4) is 0 Å². The molecule has 0 saturated carbocycles. The minimum Gasteiger partial charge on any atom is -0.383 e. The topological polar surface area (TPSA) is 70.7 Å². The van der Waals surface area contributed by atoms with Crippen LogP contribution in [0.15, 0.2) is 48.5 Å². The Balaban J connectivity index is 1.53. The average Bonchev–Trinajstić information content (AvgIpc) is 2.72. The van der Waals surface area contributed by atoms with Gasteiger partial charge in [-0.2, -0.15) is 0 Å². The zero-order valence-corrected chi connectivity index (χ0v) is 16.2. The summed E-state index contributed by atoms with van der Waals surface area (Å²) in [6, 6.07) is 15.6. The number of carbonyl (C=O) groups is 2. The standard InChI is InChI=1S/C22H27N3O3/c1-28-14-12-23-16-21(26)24-19-10-8-17(9-11-19)15-22(27)25-13-4-6-18-5-2-3-7-20(18)25/h2-3,5,7-11,23H,4,6,12-16H2,1H3,(H,24,26). The fourth-order valence-electron chi connectivity index (χ4n) is 3.35. The van der Waals surface area contributed by atoms with Gasteiger partial charge in [0.1, 0.15) is 0 Å². The van der Waals surface area contributed by atoms with Crippen molar-refractivity contribution in [3.05, 3.63) is 59.7 Å². The molecule has 1 aliphatic heterocycles. The van der Waals surface area contributed by atoms with Crippen molar-refractivity contribution < 1.29 is 14.3 Å². The average molecular weight is 381 g/mol. The molecule has 0 radical (unpaired) electrons. The van der Waals surface area contributed by atoms with E-state index in [9.17, 15) is 9.59 Å². The van der Waals surface area contributed by atoms with Crippen LogP contribution < -0.4 is 15.5 Å². The highest BCUT2D eigenvalue weighted by Gasteiger charge is 2.22. The maximum absolute atomic E-state index is 12.8. The molecule has 28 heavy (non-hydrogen) atoms. The second-order valence-corrected chi connectivity index (χ2v) is 6.87. The number of hydrogen-bond donors (Lipinski definition) is 2. The van der Waals surface area contributed by atoms with Crippen LogP contribution >= 0.6 is 0 Å². The molecule has 6 nitrogen and oxygen atoms in total. The van der Waals surface area contributed by atoms with Gasteiger partial charge >= 0.3 is 0 Å². The van der Waals surface area contributed by atoms with Crippen LogP contribution in [0.4, 0.5) is 11.4 Å². The van der Waals surface area contributed by atoms with Crippen molar-refractivity contribution in [3.8, 4) is 0 Å². The number of ether oxygens (including phenoxy) is 1. The molecule has 148 valence electrons. The molecule has 2 amide bonds. The van der Waals surface area contributed by atoms with Crippen LogP contribution in [0, 0.1) is 0 Å². The Kier molecular flexibility index (Phi) is 7.17. The summed E-state index contributed by atoms with van der Waals surface area (Å²) >= 11 is 0. The summed E-state index contributed by atoms with van der Waals surface area (Å²) in [5, 5.41) is 5.84. The van der Waals surface area contributed by atoms with Gasteiger partial charge in [0.2, 0.25) is 11.8 Å². The molecule has 2 aromatic rings. The quantitative estimate of drug-likeness (QED) is 0.689. The van der Waals surface area contributed by atoms with Crippen LogP contribution in [0.25, 0.3) is 0 Å². The Labute approximate surface area is 165 Å². The molecule has 0 spiro atoms. The Morgan fingerprint density at radius 1 is 1.11 bits per heavy atom. The fourth-order valence-corrected chi connectivity index (χ4v) is 3.35. The summed E-state index contributed by atoms with van der Waals surface area (Å²) in [7, 11) is 1.62. The molecule has 0 aliphatic carbocycles. The minimum absolute atomic E-state index is 0.103. The van der Waals surface area contributed by atoms with E-state index in [-0.39, 0.29) is 18.4 Å². The molecule has 1 heterocycles. The van der Waals surface area contributed by atoms with E-state index in [1.165, 1.54) is 5.56 Å². The number of nitrogens with zero attached hydrogens (tertiary/aromatic N) is 1. The zero-order valence-electron chi connectivity index (χ0n) is 16.2. The molecule has 0 atom stereocenters. The molecule has 3 rings (SSSR count). The van der Waals surface area contributed by atoms with Gasteiger partial charge in [0.05, 0.1) is 19.6 Å². The largest absolute Gasteiger partial charge is 0.383 e. The lowest BCUT2D eigenvalue weighted by Crippen LogP contribution is -2.36. The Morgan fingerprint density at radius 2 is 1.89 bits per heavy atom. The monoisotopic (exact) mass is 381 g/mol. The third-order valence-corrected chi connectivity index (χ3v) is 4.77. The van der Waals surface area contributed by atoms with Gasteiger partial charge in [-0.1, -0.05) is 30.3 Å². The summed E-state index contributed by atoms with van der Waals surface area (Å²) in [6.45, 7) is 2.19. The van der Waals surface area contributed by atoms with Gasteiger partial charge in [-0.25, -0.2) is 0 Å². The number of hydrogen-bond acceptors (Lipinski definition) is 4. The van der Waals surface area contributed by atoms with E-state index in [4.69, 9.17) is 4.74 Å². The molecule has 2 aromatic carbocycles. The fraction of sp³-hybridized carbons (Fsp3) is 0.364. The highest BCUT2D eigenvalue weighted by molar-refractivity contribution is 5.96. The first-order valence-corrected chi connectivity index (χ1v) is 9.64. The maximum Gasteiger partial charge on any atom is 0.238 e. The first-order chi connectivity index (χ1) is 13.7. The van der Waals surface area contributed by atoms with E-state index in [2.05, 4.69) is 16.7 Å². The number of anilines is 2. The van der Waals surface area contributed by atoms with Crippen LogP contribution in [-0.4, -0.2) is 45.2 Å². The lowest BCUT2D eigenvalue weighted by Gasteiger charge is -2.29. The van der Waals surface area contributed by atoms with Crippen LogP contribution in [0.5, 0.6) is 0 Å². The molecule has 0 saturated heterocycles. The lowest BCUT2D eigenvalue weighted by atomic mass is 10.0. The summed E-state index contributed by atoms with van der Waals surface area (Å²) in [4.78, 5) is 26.6. The molecule has 0 unspecified atom stereocenters. The molecular weight excluding hydrogens is 354 g/mol. The Bertz CT molecular complexity index is 805. The molecule has 6 heteroatoms. The second-order valence-electron chi connectivity index (χ2n) is 6.87. The summed E-state index contributed by atoms with van der Waals surface area (Å²) in [5.41, 5.74) is 3.92. The highest BCUT2D eigenvalue weighted by atomic mass is 16.5. The number of rotatable bonds is 8. The number of methoxy groups -OCH3 is 1. The van der Waals surface area contributed by atoms with Crippen molar-refractivity contribution in [1.82, 2.24) is 5.32 Å². The van der Waals surface area contributed by atoms with Gasteiger partial charge in [-0.05, 0) is 42.2 Å². The van der Waals surface area contributed by atoms with Gasteiger partial charge in [0.25, 0.3) is 0 Å². The van der Waals surface area contributed by atoms with E-state index in [0.29, 0.717) is 19.6 Å². The number of nitrogens with one attached hydrogen (secondary N) is 2. The minimum atomic E-state index is -0.107. The summed E-state index contributed by atoms with van der Waals surface area (Å²) < 4.78 is 4.92. The zero-order chi connectivity index (χ0) is 19.8. The first kappa shape index (κ1) is 20.0. The van der Waals surface area contributed by atoms with Gasteiger partial charge in [-0.3, -0.25) is 9.59 Å². The Morgan fingerprint density at radius 3 is 2.68 bits per heavy atom. The van der Waals surface area contributed by atoms with Crippen LogP contribution in [0.1, 0.15) is 17.5 Å². The third kappa shape index (κ3) is 5.41. The predicted octanol–water partition coefficient (Wildman–Crippen LogP) is 2.38. The van der Waals surface area contributed by atoms with E-state index >= 15 is 0 Å². The molecular formula is C22H27N3O3. The van der Waals surface area contributed by atoms with Gasteiger partial charge < -0.3 is 20.3 Å². The van der Waals surface area contributed by atoms with Crippen molar-refractivity contribution in [1.29, 1.82) is 0 Å². The molecule has 0 aromatic heterocycles. The predicted molar refractivity (Wildman–Crippen MR) is 111 cm³/mol. The SMILES string of the molecule is COCCNCC(=O)Nc1ccc(CC(=O)N2CCCc3ccccc32)cc1. The summed E-state index contributed by atoms with van der Waals surface area (Å²) in [5.74, 6) is -0.00358. The smallest absolute Gasteiger partial charge is 0.238 e. The summed E-state index contributed by atoms with van der Waals surface area (Å²) in [6.07, 6.45) is 2.36. The number of para-hydroxylation sites is 1. The highest BCUT2D eigenvalue weighted by Crippen LogP contribution is 2.27. The van der Waals surface area contributed by atoms with Gasteiger partial charge in [-0.15, -0.1) is 0 Å². The number of carbonyl (C=O) groups excluding carboxylic acids is 2. The second kappa shape index (κ2) is 10.0. The number of benzene rings is 2. The molecule has 0 bridgehead atoms. The molecule has 1 aliphatic rings. The lowest BCUT2D eigenvalue weighted by molar-refractivity contribution is -0.118. The number of fused-ring (bicyclic) bond motifs is 1. The van der Waals surface area contributed by atoms with Crippen LogP contribution in [-0.2, 0) is 27.2 Å². The Hall–Kier alpha value is -2.70. The van der Waals surface area contributed by atoms with Gasteiger partial charge in [0.15, 0.2) is 0 Å².